The number of hydrogen-bond donors (Lipinski definition) is 1. The van der Waals surface area contributed by atoms with Crippen LogP contribution in [0.15, 0.2) is 60.9 Å². The molecule has 0 aliphatic carbocycles. The van der Waals surface area contributed by atoms with Crippen LogP contribution in [-0.2, 0) is 10.3 Å². The number of imidazole rings is 1. The van der Waals surface area contributed by atoms with Crippen LogP contribution in [0.4, 0.5) is 0 Å². The lowest BCUT2D eigenvalue weighted by molar-refractivity contribution is -0.138. The molecule has 1 N–H and O–H groups in total. The number of carbonyl (C=O) groups is 1. The maximum atomic E-state index is 11.7. The van der Waals surface area contributed by atoms with E-state index in [1.165, 1.54) is 0 Å². The van der Waals surface area contributed by atoms with Crippen LogP contribution in [-0.4, -0.2) is 28.5 Å². The highest BCUT2D eigenvalue weighted by Crippen LogP contribution is 2.48. The predicted molar refractivity (Wildman–Crippen MR) is 87.9 cm³/mol. The smallest absolute Gasteiger partial charge is 0.306 e. The molecule has 0 saturated carbocycles. The Morgan fingerprint density at radius 3 is 2.65 bits per heavy atom. The van der Waals surface area contributed by atoms with Gasteiger partial charge in [0.1, 0.15) is 19.2 Å². The van der Waals surface area contributed by atoms with E-state index in [0.717, 1.165) is 22.5 Å². The summed E-state index contributed by atoms with van der Waals surface area (Å²) in [5, 5.41) is 9.59. The Hall–Kier alpha value is -2.82. The second kappa shape index (κ2) is 4.85. The van der Waals surface area contributed by atoms with Crippen molar-refractivity contribution in [2.75, 3.05) is 0 Å². The molecule has 1 aliphatic heterocycles. The Morgan fingerprint density at radius 2 is 1.91 bits per heavy atom. The molecule has 3 aromatic rings. The molecule has 1 aromatic heterocycles. The van der Waals surface area contributed by atoms with Gasteiger partial charge >= 0.3 is 5.97 Å². The third-order valence-electron chi connectivity index (χ3n) is 4.46. The first kappa shape index (κ1) is 13.8. The monoisotopic (exact) mass is 300 g/mol. The molecule has 0 bridgehead atoms. The fraction of sp³-hybridized carbons (Fsp3) is 0.111. The summed E-state index contributed by atoms with van der Waals surface area (Å²) in [6.07, 6.45) is 3.49. The van der Waals surface area contributed by atoms with Crippen LogP contribution in [0.5, 0.6) is 0 Å². The van der Waals surface area contributed by atoms with Crippen molar-refractivity contribution in [3.63, 3.8) is 0 Å². The van der Waals surface area contributed by atoms with E-state index in [-0.39, 0.29) is 6.42 Å². The van der Waals surface area contributed by atoms with Crippen molar-refractivity contribution in [1.29, 1.82) is 0 Å². The highest BCUT2D eigenvalue weighted by atomic mass is 16.4. The van der Waals surface area contributed by atoms with Gasteiger partial charge in [-0.05, 0) is 11.1 Å². The number of fused-ring (bicyclic) bond motifs is 3. The second-order valence-electron chi connectivity index (χ2n) is 5.72. The Morgan fingerprint density at radius 1 is 1.17 bits per heavy atom. The Kier molecular flexibility index (Phi) is 2.91. The summed E-state index contributed by atoms with van der Waals surface area (Å²) >= 11 is 0. The minimum absolute atomic E-state index is 0.0582. The Labute approximate surface area is 134 Å². The zero-order valence-corrected chi connectivity index (χ0v) is 12.3. The molecule has 0 amide bonds. The van der Waals surface area contributed by atoms with Gasteiger partial charge in [0.2, 0.25) is 0 Å². The van der Waals surface area contributed by atoms with E-state index in [1.54, 1.807) is 18.3 Å². The van der Waals surface area contributed by atoms with Gasteiger partial charge in [-0.3, -0.25) is 4.79 Å². The summed E-state index contributed by atoms with van der Waals surface area (Å²) < 4.78 is 1.96. The number of rotatable bonds is 3. The van der Waals surface area contributed by atoms with Crippen LogP contribution in [0, 0.1) is 0 Å². The summed E-state index contributed by atoms with van der Waals surface area (Å²) in [7, 11) is 5.80. The molecule has 5 heteroatoms. The predicted octanol–water partition coefficient (Wildman–Crippen LogP) is 1.92. The van der Waals surface area contributed by atoms with Gasteiger partial charge in [-0.2, -0.15) is 0 Å². The number of nitrogens with zero attached hydrogens (tertiary/aromatic N) is 2. The van der Waals surface area contributed by atoms with Gasteiger partial charge in [-0.1, -0.05) is 54.0 Å². The first-order valence-electron chi connectivity index (χ1n) is 7.34. The third kappa shape index (κ3) is 1.86. The van der Waals surface area contributed by atoms with Crippen LogP contribution in [0.3, 0.4) is 0 Å². The molecule has 2 radical (unpaired) electrons. The molecule has 2 aromatic carbocycles. The number of benzene rings is 2. The van der Waals surface area contributed by atoms with E-state index in [2.05, 4.69) is 4.98 Å². The molecule has 1 unspecified atom stereocenters. The zero-order chi connectivity index (χ0) is 16.0. The first-order chi connectivity index (χ1) is 11.1. The van der Waals surface area contributed by atoms with Crippen molar-refractivity contribution in [1.82, 2.24) is 9.55 Å². The molecule has 1 atom stereocenters. The fourth-order valence-corrected chi connectivity index (χ4v) is 3.53. The molecule has 4 rings (SSSR count). The van der Waals surface area contributed by atoms with E-state index in [4.69, 9.17) is 7.85 Å². The number of hydrogen-bond acceptors (Lipinski definition) is 2. The summed E-state index contributed by atoms with van der Waals surface area (Å²) in [6.45, 7) is 0. The fourth-order valence-electron chi connectivity index (χ4n) is 3.53. The minimum atomic E-state index is -0.863. The van der Waals surface area contributed by atoms with Crippen LogP contribution in [0.25, 0.3) is 11.4 Å². The number of aliphatic carboxylic acids is 1. The zero-order valence-electron chi connectivity index (χ0n) is 12.3. The van der Waals surface area contributed by atoms with Crippen molar-refractivity contribution >= 4 is 19.3 Å². The van der Waals surface area contributed by atoms with Gasteiger partial charge in [0.25, 0.3) is 0 Å². The number of carboxylic acid groups (broad SMARTS) is 1. The quantitative estimate of drug-likeness (QED) is 0.752. The van der Waals surface area contributed by atoms with Crippen molar-refractivity contribution in [2.24, 2.45) is 0 Å². The third-order valence-corrected chi connectivity index (χ3v) is 4.46. The van der Waals surface area contributed by atoms with Gasteiger partial charge in [0, 0.05) is 18.0 Å². The highest BCUT2D eigenvalue weighted by Gasteiger charge is 2.46. The largest absolute Gasteiger partial charge is 0.481 e. The van der Waals surface area contributed by atoms with E-state index in [9.17, 15) is 9.90 Å². The van der Waals surface area contributed by atoms with Gasteiger partial charge in [-0.15, -0.1) is 0 Å². The first-order valence-corrected chi connectivity index (χ1v) is 7.34. The molecule has 4 nitrogen and oxygen atoms in total. The molecule has 0 saturated heterocycles. The molecule has 0 spiro atoms. The number of aromatic nitrogens is 2. The molecular formula is C18H13BN2O2. The van der Waals surface area contributed by atoms with Crippen LogP contribution < -0.4 is 5.46 Å². The molecule has 1 aliphatic rings. The lowest BCUT2D eigenvalue weighted by atomic mass is 9.79. The lowest BCUT2D eigenvalue weighted by Crippen LogP contribution is -2.35. The molecular weight excluding hydrogens is 287 g/mol. The maximum absolute atomic E-state index is 11.7. The van der Waals surface area contributed by atoms with Crippen molar-refractivity contribution in [3.05, 3.63) is 72.1 Å². The van der Waals surface area contributed by atoms with Crippen molar-refractivity contribution in [2.45, 2.75) is 12.0 Å². The summed E-state index contributed by atoms with van der Waals surface area (Å²) in [6, 6.07) is 15.2. The van der Waals surface area contributed by atoms with E-state index in [1.807, 2.05) is 47.2 Å². The molecule has 0 fully saturated rings. The molecule has 110 valence electrons. The lowest BCUT2D eigenvalue weighted by Gasteiger charge is -2.32. The maximum Gasteiger partial charge on any atom is 0.306 e. The van der Waals surface area contributed by atoms with Crippen LogP contribution in [0.1, 0.15) is 17.5 Å². The Balaban J connectivity index is 2.07. The summed E-state index contributed by atoms with van der Waals surface area (Å²) in [5.41, 5.74) is 2.66. The standard InChI is InChI=1S/C18H13BN2O2/c19-13-7-5-12(6-8-13)18(11-16(22)23)15-4-2-1-3-14(15)17-20-9-10-21(17)18/h1-10H,11H2,(H,22,23). The van der Waals surface area contributed by atoms with Crippen molar-refractivity contribution < 1.29 is 9.90 Å². The average Bonchev–Trinajstić information content (AvgIpc) is 3.11. The van der Waals surface area contributed by atoms with Gasteiger partial charge in [-0.25, -0.2) is 4.98 Å². The minimum Gasteiger partial charge on any atom is -0.481 e. The van der Waals surface area contributed by atoms with Crippen LogP contribution in [0.2, 0.25) is 0 Å². The Bertz CT molecular complexity index is 901. The van der Waals surface area contributed by atoms with E-state index < -0.39 is 11.5 Å². The summed E-state index contributed by atoms with van der Waals surface area (Å²) in [4.78, 5) is 16.1. The highest BCUT2D eigenvalue weighted by molar-refractivity contribution is 6.32. The van der Waals surface area contributed by atoms with E-state index in [0.29, 0.717) is 5.46 Å². The molecule has 23 heavy (non-hydrogen) atoms. The second-order valence-corrected chi connectivity index (χ2v) is 5.72. The molecule has 2 heterocycles. The SMILES string of the molecule is [B]c1ccc(C2(CC(=O)O)c3ccccc3-c3nccn32)cc1. The van der Waals surface area contributed by atoms with Gasteiger partial charge in [0.15, 0.2) is 0 Å². The van der Waals surface area contributed by atoms with Crippen LogP contribution >= 0.6 is 0 Å². The normalized spacial score (nSPS) is 18.4. The van der Waals surface area contributed by atoms with E-state index >= 15 is 0 Å². The van der Waals surface area contributed by atoms with Gasteiger partial charge < -0.3 is 9.67 Å². The van der Waals surface area contributed by atoms with Crippen molar-refractivity contribution in [3.8, 4) is 11.4 Å². The summed E-state index contributed by atoms with van der Waals surface area (Å²) in [5.74, 6) is -0.0724. The van der Waals surface area contributed by atoms with Gasteiger partial charge in [0.05, 0.1) is 6.42 Å². The average molecular weight is 300 g/mol. The topological polar surface area (TPSA) is 55.1 Å². The number of carboxylic acids is 1.